The molecule has 2 aromatic rings. The third kappa shape index (κ3) is 2.31. The molecule has 0 saturated carbocycles. The quantitative estimate of drug-likeness (QED) is 0.687. The molecule has 0 N–H and O–H groups in total. The number of pyridine rings is 1. The van der Waals surface area contributed by atoms with Crippen molar-refractivity contribution >= 4 is 27.3 Å². The Kier molecular flexibility index (Phi) is 3.30. The molecule has 3 rings (SSSR count). The minimum absolute atomic E-state index is 1.18. The van der Waals surface area contributed by atoms with E-state index in [1.165, 1.54) is 57.6 Å². The lowest BCUT2D eigenvalue weighted by atomic mass is 10.0. The van der Waals surface area contributed by atoms with E-state index in [1.807, 2.05) is 6.20 Å². The third-order valence-electron chi connectivity index (χ3n) is 3.33. The Morgan fingerprint density at radius 3 is 2.76 bits per heavy atom. The summed E-state index contributed by atoms with van der Waals surface area (Å²) in [5.74, 6) is 0. The third-order valence-corrected chi connectivity index (χ3v) is 4.96. The van der Waals surface area contributed by atoms with Crippen molar-refractivity contribution < 1.29 is 0 Å². The lowest BCUT2D eigenvalue weighted by molar-refractivity contribution is 0.712. The van der Waals surface area contributed by atoms with Gasteiger partial charge in [0.2, 0.25) is 0 Å². The second-order valence-electron chi connectivity index (χ2n) is 4.46. The molecule has 17 heavy (non-hydrogen) atoms. The van der Waals surface area contributed by atoms with Crippen LogP contribution in [0, 0.1) is 0 Å². The summed E-state index contributed by atoms with van der Waals surface area (Å²) < 4.78 is 1.18. The number of thiophene rings is 1. The Balaban J connectivity index is 2.11. The monoisotopic (exact) mass is 307 g/mol. The number of halogens is 1. The fraction of sp³-hybridized carbons (Fsp3) is 0.357. The number of aryl methyl sites for hydroxylation is 1. The molecule has 0 atom stereocenters. The molecular formula is C14H14BrNS. The van der Waals surface area contributed by atoms with Gasteiger partial charge in [-0.05, 0) is 70.9 Å². The van der Waals surface area contributed by atoms with Gasteiger partial charge >= 0.3 is 0 Å². The summed E-state index contributed by atoms with van der Waals surface area (Å²) >= 11 is 5.31. The first-order valence-corrected chi connectivity index (χ1v) is 7.68. The molecule has 2 aromatic heterocycles. The normalized spacial score (nSPS) is 15.4. The summed E-state index contributed by atoms with van der Waals surface area (Å²) in [4.78, 5) is 5.89. The lowest BCUT2D eigenvalue weighted by Gasteiger charge is -2.09. The van der Waals surface area contributed by atoms with Crippen LogP contribution in [-0.4, -0.2) is 4.98 Å². The highest BCUT2D eigenvalue weighted by Crippen LogP contribution is 2.35. The van der Waals surface area contributed by atoms with Gasteiger partial charge in [-0.3, -0.25) is 4.98 Å². The maximum atomic E-state index is 4.61. The lowest BCUT2D eigenvalue weighted by Crippen LogP contribution is -1.96. The molecule has 0 spiro atoms. The number of aromatic nitrogens is 1. The zero-order valence-corrected chi connectivity index (χ0v) is 12.0. The number of rotatable bonds is 1. The van der Waals surface area contributed by atoms with Crippen LogP contribution < -0.4 is 0 Å². The van der Waals surface area contributed by atoms with Gasteiger partial charge in [-0.1, -0.05) is 6.42 Å². The average molecular weight is 308 g/mol. The van der Waals surface area contributed by atoms with E-state index in [2.05, 4.69) is 39.1 Å². The molecule has 0 fully saturated rings. The van der Waals surface area contributed by atoms with Gasteiger partial charge in [-0.25, -0.2) is 0 Å². The summed E-state index contributed by atoms with van der Waals surface area (Å²) in [6, 6.07) is 6.48. The average Bonchev–Trinajstić information content (AvgIpc) is 2.63. The van der Waals surface area contributed by atoms with E-state index >= 15 is 0 Å². The molecule has 1 nitrogen and oxygen atoms in total. The maximum absolute atomic E-state index is 4.61. The van der Waals surface area contributed by atoms with Crippen LogP contribution in [0.5, 0.6) is 0 Å². The van der Waals surface area contributed by atoms with E-state index in [1.54, 1.807) is 11.3 Å². The first-order valence-electron chi connectivity index (χ1n) is 6.07. The molecular weight excluding hydrogens is 294 g/mol. The molecule has 0 aliphatic heterocycles. The van der Waals surface area contributed by atoms with Crippen LogP contribution in [0.2, 0.25) is 0 Å². The van der Waals surface area contributed by atoms with Gasteiger partial charge in [-0.15, -0.1) is 11.3 Å². The smallest absolute Gasteiger partial charge is 0.0836 e. The van der Waals surface area contributed by atoms with E-state index in [9.17, 15) is 0 Å². The van der Waals surface area contributed by atoms with Crippen LogP contribution in [0.4, 0.5) is 0 Å². The molecule has 0 aromatic carbocycles. The molecule has 2 heterocycles. The van der Waals surface area contributed by atoms with Crippen molar-refractivity contribution in [2.24, 2.45) is 0 Å². The topological polar surface area (TPSA) is 12.9 Å². The largest absolute Gasteiger partial charge is 0.255 e. The first-order chi connectivity index (χ1) is 8.34. The van der Waals surface area contributed by atoms with Gasteiger partial charge in [0.05, 0.1) is 14.4 Å². The Morgan fingerprint density at radius 1 is 1.06 bits per heavy atom. The number of fused-ring (bicyclic) bond motifs is 1. The molecule has 0 saturated heterocycles. The van der Waals surface area contributed by atoms with Gasteiger partial charge in [0, 0.05) is 6.20 Å². The number of hydrogen-bond donors (Lipinski definition) is 0. The minimum atomic E-state index is 1.18. The fourth-order valence-electron chi connectivity index (χ4n) is 2.49. The van der Waals surface area contributed by atoms with E-state index in [0.717, 1.165) is 0 Å². The second-order valence-corrected chi connectivity index (χ2v) is 6.92. The van der Waals surface area contributed by atoms with E-state index < -0.39 is 0 Å². The molecule has 0 unspecified atom stereocenters. The molecule has 88 valence electrons. The number of hydrogen-bond acceptors (Lipinski definition) is 2. The number of nitrogens with zero attached hydrogens (tertiary/aromatic N) is 1. The van der Waals surface area contributed by atoms with Gasteiger partial charge in [0.25, 0.3) is 0 Å². The van der Waals surface area contributed by atoms with Gasteiger partial charge in [-0.2, -0.15) is 0 Å². The Hall–Kier alpha value is -0.670. The van der Waals surface area contributed by atoms with E-state index in [0.29, 0.717) is 0 Å². The zero-order valence-electron chi connectivity index (χ0n) is 9.58. The summed E-state index contributed by atoms with van der Waals surface area (Å²) in [5.41, 5.74) is 4.21. The molecule has 1 aliphatic carbocycles. The molecule has 3 heteroatoms. The molecule has 0 amide bonds. The maximum Gasteiger partial charge on any atom is 0.0836 e. The van der Waals surface area contributed by atoms with Crippen molar-refractivity contribution in [1.82, 2.24) is 4.98 Å². The Labute approximate surface area is 114 Å². The van der Waals surface area contributed by atoms with Crippen LogP contribution in [0.1, 0.15) is 30.4 Å². The van der Waals surface area contributed by atoms with Gasteiger partial charge < -0.3 is 0 Å². The van der Waals surface area contributed by atoms with Crippen molar-refractivity contribution in [2.75, 3.05) is 0 Å². The highest BCUT2D eigenvalue weighted by Gasteiger charge is 2.15. The van der Waals surface area contributed by atoms with Crippen molar-refractivity contribution in [3.05, 3.63) is 39.3 Å². The van der Waals surface area contributed by atoms with E-state index in [-0.39, 0.29) is 0 Å². The van der Waals surface area contributed by atoms with Crippen molar-refractivity contribution in [1.29, 1.82) is 0 Å². The Morgan fingerprint density at radius 2 is 1.94 bits per heavy atom. The van der Waals surface area contributed by atoms with Crippen molar-refractivity contribution in [3.63, 3.8) is 0 Å². The van der Waals surface area contributed by atoms with Crippen LogP contribution in [0.15, 0.2) is 28.2 Å². The predicted octanol–water partition coefficient (Wildman–Crippen LogP) is 4.84. The van der Waals surface area contributed by atoms with Crippen LogP contribution in [0.25, 0.3) is 10.6 Å². The highest BCUT2D eigenvalue weighted by molar-refractivity contribution is 9.11. The molecule has 1 aliphatic rings. The minimum Gasteiger partial charge on any atom is -0.255 e. The summed E-state index contributed by atoms with van der Waals surface area (Å²) in [6.45, 7) is 0. The van der Waals surface area contributed by atoms with Crippen LogP contribution in [0.3, 0.4) is 0 Å². The predicted molar refractivity (Wildman–Crippen MR) is 76.5 cm³/mol. The second kappa shape index (κ2) is 4.91. The standard InChI is InChI=1S/C14H14BrNS/c15-13-7-6-12(17-13)14-11-5-3-1-2-4-10(11)8-9-16-14/h6-9H,1-5H2. The molecule has 0 radical (unpaired) electrons. The SMILES string of the molecule is Brc1ccc(-c2nccc3c2CCCCC3)s1. The Bertz CT molecular complexity index is 533. The highest BCUT2D eigenvalue weighted by atomic mass is 79.9. The fourth-order valence-corrected chi connectivity index (χ4v) is 3.90. The first kappa shape index (κ1) is 11.4. The molecule has 0 bridgehead atoms. The van der Waals surface area contributed by atoms with Gasteiger partial charge in [0.15, 0.2) is 0 Å². The van der Waals surface area contributed by atoms with Crippen molar-refractivity contribution in [3.8, 4) is 10.6 Å². The van der Waals surface area contributed by atoms with Crippen LogP contribution >= 0.6 is 27.3 Å². The van der Waals surface area contributed by atoms with Crippen molar-refractivity contribution in [2.45, 2.75) is 32.1 Å². The zero-order chi connectivity index (χ0) is 11.7. The summed E-state index contributed by atoms with van der Waals surface area (Å²) in [7, 11) is 0. The van der Waals surface area contributed by atoms with Gasteiger partial charge in [0.1, 0.15) is 0 Å². The van der Waals surface area contributed by atoms with E-state index in [4.69, 9.17) is 0 Å². The summed E-state index contributed by atoms with van der Waals surface area (Å²) in [6.07, 6.45) is 8.35. The van der Waals surface area contributed by atoms with Crippen LogP contribution in [-0.2, 0) is 12.8 Å². The summed E-state index contributed by atoms with van der Waals surface area (Å²) in [5, 5.41) is 0.